The summed E-state index contributed by atoms with van der Waals surface area (Å²) in [6, 6.07) is 5.99. The zero-order chi connectivity index (χ0) is 13.9. The van der Waals surface area contributed by atoms with Crippen molar-refractivity contribution in [2.45, 2.75) is 31.3 Å². The van der Waals surface area contributed by atoms with Crippen molar-refractivity contribution < 1.29 is 4.52 Å². The Hall–Kier alpha value is -1.82. The number of hydrogen-bond donors (Lipinski definition) is 0. The van der Waals surface area contributed by atoms with E-state index in [0.717, 1.165) is 28.7 Å². The van der Waals surface area contributed by atoms with E-state index < -0.39 is 0 Å². The first-order chi connectivity index (χ1) is 9.72. The number of hydrogen-bond acceptors (Lipinski definition) is 5. The molecule has 6 heteroatoms. The van der Waals surface area contributed by atoms with Gasteiger partial charge >= 0.3 is 0 Å². The van der Waals surface area contributed by atoms with Crippen LogP contribution < -0.4 is 0 Å². The van der Waals surface area contributed by atoms with Gasteiger partial charge in [0.25, 0.3) is 0 Å². The molecule has 0 unspecified atom stereocenters. The molecular weight excluding hydrogens is 272 g/mol. The van der Waals surface area contributed by atoms with Crippen LogP contribution in [0.15, 0.2) is 35.1 Å². The summed E-state index contributed by atoms with van der Waals surface area (Å²) < 4.78 is 7.21. The molecule has 0 N–H and O–H groups in total. The average molecular weight is 288 g/mol. The van der Waals surface area contributed by atoms with Crippen LogP contribution in [0.2, 0.25) is 0 Å². The van der Waals surface area contributed by atoms with Crippen molar-refractivity contribution in [2.24, 2.45) is 0 Å². The smallest absolute Gasteiger partial charge is 0.229 e. The Morgan fingerprint density at radius 1 is 1.25 bits per heavy atom. The average Bonchev–Trinajstić information content (AvgIpc) is 3.04. The van der Waals surface area contributed by atoms with Gasteiger partial charge in [-0.25, -0.2) is 4.98 Å². The van der Waals surface area contributed by atoms with Crippen LogP contribution in [0, 0.1) is 0 Å². The van der Waals surface area contributed by atoms with Crippen LogP contribution in [-0.4, -0.2) is 19.5 Å². The first-order valence-corrected chi connectivity index (χ1v) is 7.70. The van der Waals surface area contributed by atoms with Crippen LogP contribution in [0.1, 0.15) is 37.2 Å². The lowest BCUT2D eigenvalue weighted by molar-refractivity contribution is 0.362. The molecule has 104 valence electrons. The zero-order valence-corrected chi connectivity index (χ0v) is 12.3. The molecule has 20 heavy (non-hydrogen) atoms. The van der Waals surface area contributed by atoms with Gasteiger partial charge in [-0.05, 0) is 12.1 Å². The lowest BCUT2D eigenvalue weighted by atomic mass is 10.2. The molecule has 0 spiro atoms. The molecule has 3 aromatic heterocycles. The second kappa shape index (κ2) is 5.66. The van der Waals surface area contributed by atoms with Gasteiger partial charge in [0.1, 0.15) is 5.65 Å². The minimum absolute atomic E-state index is 0.277. The Morgan fingerprint density at radius 3 is 2.90 bits per heavy atom. The highest BCUT2D eigenvalue weighted by molar-refractivity contribution is 7.97. The summed E-state index contributed by atoms with van der Waals surface area (Å²) in [4.78, 5) is 8.91. The third kappa shape index (κ3) is 2.85. The summed E-state index contributed by atoms with van der Waals surface area (Å²) in [6.07, 6.45) is 4.06. The van der Waals surface area contributed by atoms with Crippen molar-refractivity contribution in [1.29, 1.82) is 0 Å². The predicted molar refractivity (Wildman–Crippen MR) is 78.6 cm³/mol. The minimum Gasteiger partial charge on any atom is -0.339 e. The number of rotatable bonds is 5. The van der Waals surface area contributed by atoms with E-state index in [1.165, 1.54) is 0 Å². The fourth-order valence-electron chi connectivity index (χ4n) is 1.86. The van der Waals surface area contributed by atoms with E-state index in [4.69, 9.17) is 4.52 Å². The van der Waals surface area contributed by atoms with E-state index in [-0.39, 0.29) is 5.92 Å². The number of thioether (sulfide) groups is 1. The van der Waals surface area contributed by atoms with Gasteiger partial charge in [0.05, 0.1) is 11.4 Å². The zero-order valence-electron chi connectivity index (χ0n) is 11.5. The standard InChI is InChI=1S/C14H16N4OS/c1-10(2)14-16-12(17-19-14)9-20-8-11-7-18-6-4-3-5-13(18)15-11/h3-7,10H,8-9H2,1-2H3. The second-order valence-electron chi connectivity index (χ2n) is 4.89. The summed E-state index contributed by atoms with van der Waals surface area (Å²) in [7, 11) is 0. The summed E-state index contributed by atoms with van der Waals surface area (Å²) in [5, 5.41) is 3.98. The Kier molecular flexibility index (Phi) is 3.73. The molecule has 0 aliphatic rings. The Balaban J connectivity index is 1.59. The number of fused-ring (bicyclic) bond motifs is 1. The van der Waals surface area contributed by atoms with Gasteiger partial charge in [-0.15, -0.1) is 11.8 Å². The predicted octanol–water partition coefficient (Wildman–Crippen LogP) is 3.27. The van der Waals surface area contributed by atoms with Crippen molar-refractivity contribution in [3.63, 3.8) is 0 Å². The molecule has 0 saturated heterocycles. The van der Waals surface area contributed by atoms with Gasteiger partial charge in [0.15, 0.2) is 5.82 Å². The van der Waals surface area contributed by atoms with Gasteiger partial charge in [0, 0.05) is 24.1 Å². The van der Waals surface area contributed by atoms with Gasteiger partial charge in [-0.2, -0.15) is 4.98 Å². The largest absolute Gasteiger partial charge is 0.339 e. The number of nitrogens with zero attached hydrogens (tertiary/aromatic N) is 4. The molecule has 0 amide bonds. The van der Waals surface area contributed by atoms with Crippen molar-refractivity contribution >= 4 is 17.4 Å². The maximum Gasteiger partial charge on any atom is 0.229 e. The van der Waals surface area contributed by atoms with Gasteiger partial charge < -0.3 is 8.92 Å². The first-order valence-electron chi connectivity index (χ1n) is 6.55. The number of imidazole rings is 1. The fraction of sp³-hybridized carbons (Fsp3) is 0.357. The van der Waals surface area contributed by atoms with E-state index in [9.17, 15) is 0 Å². The van der Waals surface area contributed by atoms with E-state index in [2.05, 4.69) is 21.3 Å². The van der Waals surface area contributed by atoms with Crippen LogP contribution in [0.5, 0.6) is 0 Å². The van der Waals surface area contributed by atoms with E-state index in [0.29, 0.717) is 5.89 Å². The summed E-state index contributed by atoms with van der Waals surface area (Å²) in [5.74, 6) is 3.31. The molecule has 0 aliphatic heterocycles. The van der Waals surface area contributed by atoms with Crippen molar-refractivity contribution in [3.8, 4) is 0 Å². The maximum atomic E-state index is 5.18. The molecule has 0 fully saturated rings. The first kappa shape index (κ1) is 13.2. The molecular formula is C14H16N4OS. The third-order valence-electron chi connectivity index (χ3n) is 2.87. The van der Waals surface area contributed by atoms with E-state index in [1.54, 1.807) is 11.8 Å². The fourth-order valence-corrected chi connectivity index (χ4v) is 2.61. The SMILES string of the molecule is CC(C)c1nc(CSCc2cn3ccccc3n2)no1. The normalized spacial score (nSPS) is 11.6. The van der Waals surface area contributed by atoms with Crippen LogP contribution in [0.25, 0.3) is 5.65 Å². The Morgan fingerprint density at radius 2 is 2.15 bits per heavy atom. The van der Waals surface area contributed by atoms with Crippen molar-refractivity contribution in [2.75, 3.05) is 0 Å². The third-order valence-corrected chi connectivity index (χ3v) is 3.83. The quantitative estimate of drug-likeness (QED) is 0.721. The van der Waals surface area contributed by atoms with Gasteiger partial charge in [0.2, 0.25) is 5.89 Å². The molecule has 3 aromatic rings. The molecule has 3 heterocycles. The molecule has 0 bridgehead atoms. The van der Waals surface area contributed by atoms with Crippen LogP contribution in [0.3, 0.4) is 0 Å². The lowest BCUT2D eigenvalue weighted by Gasteiger charge is -1.94. The van der Waals surface area contributed by atoms with Crippen molar-refractivity contribution in [1.82, 2.24) is 19.5 Å². The number of pyridine rings is 1. The molecule has 5 nitrogen and oxygen atoms in total. The molecule has 0 aliphatic carbocycles. The Labute approximate surface area is 121 Å². The van der Waals surface area contributed by atoms with Gasteiger partial charge in [-0.3, -0.25) is 0 Å². The highest BCUT2D eigenvalue weighted by Gasteiger charge is 2.10. The lowest BCUT2D eigenvalue weighted by Crippen LogP contribution is -1.89. The molecule has 0 saturated carbocycles. The van der Waals surface area contributed by atoms with E-state index >= 15 is 0 Å². The monoisotopic (exact) mass is 288 g/mol. The van der Waals surface area contributed by atoms with Crippen molar-refractivity contribution in [3.05, 3.63) is 48.0 Å². The Bertz CT molecular complexity index is 671. The summed E-state index contributed by atoms with van der Waals surface area (Å²) >= 11 is 1.74. The molecule has 0 atom stereocenters. The minimum atomic E-state index is 0.277. The topological polar surface area (TPSA) is 56.2 Å². The molecule has 0 radical (unpaired) electrons. The van der Waals surface area contributed by atoms with E-state index in [1.807, 2.05) is 42.6 Å². The maximum absolute atomic E-state index is 5.18. The molecule has 0 aromatic carbocycles. The summed E-state index contributed by atoms with van der Waals surface area (Å²) in [5.41, 5.74) is 2.04. The second-order valence-corrected chi connectivity index (χ2v) is 5.88. The number of aromatic nitrogens is 4. The molecule has 3 rings (SSSR count). The van der Waals surface area contributed by atoms with Crippen LogP contribution in [0.4, 0.5) is 0 Å². The summed E-state index contributed by atoms with van der Waals surface area (Å²) in [6.45, 7) is 4.09. The van der Waals surface area contributed by atoms with Gasteiger partial charge in [-0.1, -0.05) is 25.1 Å². The highest BCUT2D eigenvalue weighted by atomic mass is 32.2. The van der Waals surface area contributed by atoms with Crippen LogP contribution >= 0.6 is 11.8 Å². The highest BCUT2D eigenvalue weighted by Crippen LogP contribution is 2.18. The van der Waals surface area contributed by atoms with Crippen LogP contribution in [-0.2, 0) is 11.5 Å².